The summed E-state index contributed by atoms with van der Waals surface area (Å²) in [5.74, 6) is 0.757. The summed E-state index contributed by atoms with van der Waals surface area (Å²) in [6.45, 7) is 5.31. The number of carbonyl (C=O) groups excluding carboxylic acids is 1. The third kappa shape index (κ3) is 4.05. The van der Waals surface area contributed by atoms with Gasteiger partial charge in [0.05, 0.1) is 11.9 Å². The Kier molecular flexibility index (Phi) is 5.49. The fourth-order valence-electron chi connectivity index (χ4n) is 2.25. The van der Waals surface area contributed by atoms with E-state index in [0.717, 1.165) is 18.1 Å². The molecule has 2 rings (SSSR count). The number of hydrogen-bond acceptors (Lipinski definition) is 4. The summed E-state index contributed by atoms with van der Waals surface area (Å²) in [5, 5.41) is 2.78. The van der Waals surface area contributed by atoms with E-state index >= 15 is 0 Å². The molecule has 0 radical (unpaired) electrons. The molecule has 1 heterocycles. The highest BCUT2D eigenvalue weighted by Gasteiger charge is 2.09. The SMILES string of the molecule is CCN(c1cccc(C)c1)c1ccc(NC(=O)CCN)cn1. The number of nitrogens with two attached hydrogens (primary N) is 1. The number of amides is 1. The number of anilines is 3. The maximum absolute atomic E-state index is 11.5. The van der Waals surface area contributed by atoms with Crippen LogP contribution in [0.25, 0.3) is 0 Å². The van der Waals surface area contributed by atoms with Crippen molar-refractivity contribution in [1.82, 2.24) is 4.98 Å². The normalized spacial score (nSPS) is 10.3. The number of nitrogens with zero attached hydrogens (tertiary/aromatic N) is 2. The molecule has 0 aliphatic heterocycles. The quantitative estimate of drug-likeness (QED) is 0.860. The first kappa shape index (κ1) is 16.0. The number of hydrogen-bond donors (Lipinski definition) is 2. The average molecular weight is 298 g/mol. The Morgan fingerprint density at radius 2 is 2.14 bits per heavy atom. The molecule has 0 bridgehead atoms. The van der Waals surface area contributed by atoms with Gasteiger partial charge in [-0.3, -0.25) is 4.79 Å². The minimum atomic E-state index is -0.0944. The molecule has 0 unspecified atom stereocenters. The standard InChI is InChI=1S/C17H22N4O/c1-3-21(15-6-4-5-13(2)11-15)16-8-7-14(12-19-16)20-17(22)9-10-18/h4-8,11-12H,3,9-10,18H2,1-2H3,(H,20,22). The number of rotatable bonds is 6. The Balaban J connectivity index is 2.15. The van der Waals surface area contributed by atoms with E-state index in [1.165, 1.54) is 5.56 Å². The highest BCUT2D eigenvalue weighted by atomic mass is 16.1. The lowest BCUT2D eigenvalue weighted by molar-refractivity contribution is -0.116. The van der Waals surface area contributed by atoms with Crippen molar-refractivity contribution >= 4 is 23.1 Å². The summed E-state index contributed by atoms with van der Waals surface area (Å²) in [7, 11) is 0. The van der Waals surface area contributed by atoms with Crippen LogP contribution in [0.1, 0.15) is 18.9 Å². The molecule has 0 saturated carbocycles. The van der Waals surface area contributed by atoms with Crippen molar-refractivity contribution in [2.75, 3.05) is 23.3 Å². The molecule has 1 amide bonds. The van der Waals surface area contributed by atoms with Gasteiger partial charge in [-0.2, -0.15) is 0 Å². The molecule has 0 aliphatic rings. The van der Waals surface area contributed by atoms with E-state index in [2.05, 4.69) is 47.2 Å². The molecule has 5 nitrogen and oxygen atoms in total. The Morgan fingerprint density at radius 1 is 1.32 bits per heavy atom. The molecule has 1 aromatic heterocycles. The molecule has 116 valence electrons. The van der Waals surface area contributed by atoms with E-state index < -0.39 is 0 Å². The Hall–Kier alpha value is -2.40. The summed E-state index contributed by atoms with van der Waals surface area (Å²) in [6.07, 6.45) is 1.98. The number of pyridine rings is 1. The first-order valence-corrected chi connectivity index (χ1v) is 7.44. The topological polar surface area (TPSA) is 71.2 Å². The van der Waals surface area contributed by atoms with E-state index in [4.69, 9.17) is 5.73 Å². The van der Waals surface area contributed by atoms with Crippen LogP contribution in [-0.4, -0.2) is 24.0 Å². The molecule has 5 heteroatoms. The van der Waals surface area contributed by atoms with Gasteiger partial charge in [0.2, 0.25) is 5.91 Å². The minimum Gasteiger partial charge on any atom is -0.330 e. The summed E-state index contributed by atoms with van der Waals surface area (Å²) < 4.78 is 0. The van der Waals surface area contributed by atoms with Crippen molar-refractivity contribution < 1.29 is 4.79 Å². The van der Waals surface area contributed by atoms with Crippen LogP contribution in [0.4, 0.5) is 17.2 Å². The lowest BCUT2D eigenvalue weighted by Gasteiger charge is -2.22. The molecule has 2 aromatic rings. The molecule has 0 fully saturated rings. The number of benzene rings is 1. The van der Waals surface area contributed by atoms with E-state index in [1.807, 2.05) is 18.2 Å². The number of carbonyl (C=O) groups is 1. The molecule has 0 spiro atoms. The maximum atomic E-state index is 11.5. The zero-order chi connectivity index (χ0) is 15.9. The Bertz CT molecular complexity index is 625. The van der Waals surface area contributed by atoms with Crippen LogP contribution in [0, 0.1) is 6.92 Å². The van der Waals surface area contributed by atoms with Gasteiger partial charge in [-0.25, -0.2) is 4.98 Å². The van der Waals surface area contributed by atoms with Crippen LogP contribution >= 0.6 is 0 Å². The second-order valence-electron chi connectivity index (χ2n) is 5.08. The highest BCUT2D eigenvalue weighted by Crippen LogP contribution is 2.24. The van der Waals surface area contributed by atoms with Crippen LogP contribution < -0.4 is 16.0 Å². The number of aromatic nitrogens is 1. The molecular formula is C17H22N4O. The second-order valence-corrected chi connectivity index (χ2v) is 5.08. The third-order valence-corrected chi connectivity index (χ3v) is 3.31. The third-order valence-electron chi connectivity index (χ3n) is 3.31. The van der Waals surface area contributed by atoms with Gasteiger partial charge >= 0.3 is 0 Å². The lowest BCUT2D eigenvalue weighted by Crippen LogP contribution is -2.18. The minimum absolute atomic E-state index is 0.0944. The van der Waals surface area contributed by atoms with Crippen molar-refractivity contribution in [2.24, 2.45) is 5.73 Å². The smallest absolute Gasteiger partial charge is 0.225 e. The maximum Gasteiger partial charge on any atom is 0.225 e. The van der Waals surface area contributed by atoms with Crippen molar-refractivity contribution in [1.29, 1.82) is 0 Å². The van der Waals surface area contributed by atoms with E-state index in [-0.39, 0.29) is 5.91 Å². The predicted octanol–water partition coefficient (Wildman–Crippen LogP) is 2.84. The van der Waals surface area contributed by atoms with Gasteiger partial charge < -0.3 is 16.0 Å². The monoisotopic (exact) mass is 298 g/mol. The summed E-state index contributed by atoms with van der Waals surface area (Å²) in [4.78, 5) is 18.1. The summed E-state index contributed by atoms with van der Waals surface area (Å²) >= 11 is 0. The van der Waals surface area contributed by atoms with Gasteiger partial charge in [0.25, 0.3) is 0 Å². The molecule has 3 N–H and O–H groups in total. The van der Waals surface area contributed by atoms with E-state index in [9.17, 15) is 4.79 Å². The van der Waals surface area contributed by atoms with Crippen LogP contribution in [-0.2, 0) is 4.79 Å². The largest absolute Gasteiger partial charge is 0.330 e. The van der Waals surface area contributed by atoms with Gasteiger partial charge in [-0.15, -0.1) is 0 Å². The molecule has 22 heavy (non-hydrogen) atoms. The molecule has 1 aromatic carbocycles. The van der Waals surface area contributed by atoms with Gasteiger partial charge in [-0.05, 0) is 43.7 Å². The zero-order valence-corrected chi connectivity index (χ0v) is 13.0. The van der Waals surface area contributed by atoms with Gasteiger partial charge in [0.1, 0.15) is 5.82 Å². The average Bonchev–Trinajstić information content (AvgIpc) is 2.50. The Morgan fingerprint density at radius 3 is 2.73 bits per heavy atom. The molecular weight excluding hydrogens is 276 g/mol. The second kappa shape index (κ2) is 7.56. The van der Waals surface area contributed by atoms with E-state index in [0.29, 0.717) is 18.7 Å². The summed E-state index contributed by atoms with van der Waals surface area (Å²) in [5.41, 5.74) is 8.36. The molecule has 0 atom stereocenters. The fraction of sp³-hybridized carbons (Fsp3) is 0.294. The molecule has 0 saturated heterocycles. The first-order chi connectivity index (χ1) is 10.6. The van der Waals surface area contributed by atoms with Gasteiger partial charge in [0.15, 0.2) is 0 Å². The summed E-state index contributed by atoms with van der Waals surface area (Å²) in [6, 6.07) is 12.1. The van der Waals surface area contributed by atoms with E-state index in [1.54, 1.807) is 6.20 Å². The fourth-order valence-corrected chi connectivity index (χ4v) is 2.25. The zero-order valence-electron chi connectivity index (χ0n) is 13.0. The molecule has 0 aliphatic carbocycles. The lowest BCUT2D eigenvalue weighted by atomic mass is 10.2. The number of nitrogens with one attached hydrogen (secondary N) is 1. The van der Waals surface area contributed by atoms with Crippen molar-refractivity contribution in [3.63, 3.8) is 0 Å². The van der Waals surface area contributed by atoms with Gasteiger partial charge in [-0.1, -0.05) is 12.1 Å². The van der Waals surface area contributed by atoms with Crippen molar-refractivity contribution in [2.45, 2.75) is 20.3 Å². The van der Waals surface area contributed by atoms with Gasteiger partial charge in [0, 0.05) is 25.2 Å². The van der Waals surface area contributed by atoms with Crippen molar-refractivity contribution in [3.05, 3.63) is 48.2 Å². The highest BCUT2D eigenvalue weighted by molar-refractivity contribution is 5.90. The Labute approximate surface area is 131 Å². The van der Waals surface area contributed by atoms with Crippen LogP contribution in [0.5, 0.6) is 0 Å². The predicted molar refractivity (Wildman–Crippen MR) is 90.4 cm³/mol. The van der Waals surface area contributed by atoms with Crippen LogP contribution in [0.2, 0.25) is 0 Å². The first-order valence-electron chi connectivity index (χ1n) is 7.44. The van der Waals surface area contributed by atoms with Crippen molar-refractivity contribution in [3.8, 4) is 0 Å². The number of aryl methyl sites for hydroxylation is 1. The van der Waals surface area contributed by atoms with Crippen LogP contribution in [0.15, 0.2) is 42.6 Å². The van der Waals surface area contributed by atoms with Crippen LogP contribution in [0.3, 0.4) is 0 Å².